The van der Waals surface area contributed by atoms with Crippen molar-refractivity contribution < 1.29 is 10.0 Å². The summed E-state index contributed by atoms with van der Waals surface area (Å²) in [6.07, 6.45) is 1.54. The Bertz CT molecular complexity index is 674. The lowest BCUT2D eigenvalue weighted by atomic mass is 10.2. The summed E-state index contributed by atoms with van der Waals surface area (Å²) in [5.74, 6) is 0.147. The highest BCUT2D eigenvalue weighted by atomic mass is 79.9. The molecule has 102 valence electrons. The van der Waals surface area contributed by atoms with E-state index >= 15 is 0 Å². The summed E-state index contributed by atoms with van der Waals surface area (Å²) in [6, 6.07) is 11.0. The fourth-order valence-corrected chi connectivity index (χ4v) is 1.87. The molecule has 0 spiro atoms. The van der Waals surface area contributed by atoms with Gasteiger partial charge in [-0.25, -0.2) is 0 Å². The third-order valence-corrected chi connectivity index (χ3v) is 3.07. The van der Waals surface area contributed by atoms with Crippen LogP contribution >= 0.6 is 15.9 Å². The molecule has 0 aromatic heterocycles. The molecular formula is C13H10BrN3O3. The molecule has 6 nitrogen and oxygen atoms in total. The lowest BCUT2D eigenvalue weighted by molar-refractivity contribution is -0.384. The van der Waals surface area contributed by atoms with Gasteiger partial charge in [-0.1, -0.05) is 6.07 Å². The monoisotopic (exact) mass is 335 g/mol. The normalized spacial score (nSPS) is 10.7. The molecule has 20 heavy (non-hydrogen) atoms. The number of hydrazone groups is 1. The van der Waals surface area contributed by atoms with Crippen molar-refractivity contribution in [2.75, 3.05) is 5.43 Å². The van der Waals surface area contributed by atoms with Crippen LogP contribution < -0.4 is 5.43 Å². The van der Waals surface area contributed by atoms with E-state index in [2.05, 4.69) is 26.5 Å². The second-order valence-corrected chi connectivity index (χ2v) is 4.74. The second-order valence-electron chi connectivity index (χ2n) is 3.89. The van der Waals surface area contributed by atoms with Crippen molar-refractivity contribution in [3.63, 3.8) is 0 Å². The Kier molecular flexibility index (Phi) is 4.31. The summed E-state index contributed by atoms with van der Waals surface area (Å²) in [4.78, 5) is 10.2. The van der Waals surface area contributed by atoms with Gasteiger partial charge < -0.3 is 5.11 Å². The quantitative estimate of drug-likeness (QED) is 0.508. The van der Waals surface area contributed by atoms with Crippen LogP contribution in [0.4, 0.5) is 11.4 Å². The highest BCUT2D eigenvalue weighted by Gasteiger charge is 2.04. The lowest BCUT2D eigenvalue weighted by Gasteiger charge is -2.00. The largest absolute Gasteiger partial charge is 0.507 e. The second kappa shape index (κ2) is 6.16. The molecule has 0 amide bonds. The lowest BCUT2D eigenvalue weighted by Crippen LogP contribution is -1.93. The van der Waals surface area contributed by atoms with Gasteiger partial charge in [0.25, 0.3) is 5.69 Å². The van der Waals surface area contributed by atoms with Gasteiger partial charge in [0.2, 0.25) is 0 Å². The minimum Gasteiger partial charge on any atom is -0.507 e. The molecule has 0 atom stereocenters. The summed E-state index contributed by atoms with van der Waals surface area (Å²) in [6.45, 7) is 0. The first-order chi connectivity index (χ1) is 9.56. The molecule has 0 aliphatic heterocycles. The molecule has 0 bridgehead atoms. The van der Waals surface area contributed by atoms with Gasteiger partial charge in [-0.15, -0.1) is 0 Å². The number of hydrogen-bond donors (Lipinski definition) is 2. The molecule has 2 rings (SSSR count). The Balaban J connectivity index is 2.07. The van der Waals surface area contributed by atoms with Gasteiger partial charge in [0.05, 0.1) is 21.3 Å². The average molecular weight is 336 g/mol. The Hall–Kier alpha value is -2.41. The van der Waals surface area contributed by atoms with Gasteiger partial charge in [0, 0.05) is 12.1 Å². The molecular weight excluding hydrogens is 326 g/mol. The van der Waals surface area contributed by atoms with Gasteiger partial charge in [-0.05, 0) is 45.8 Å². The highest BCUT2D eigenvalue weighted by molar-refractivity contribution is 9.10. The molecule has 0 fully saturated rings. The van der Waals surface area contributed by atoms with Crippen LogP contribution in [0.25, 0.3) is 0 Å². The van der Waals surface area contributed by atoms with Crippen LogP contribution in [0, 0.1) is 10.1 Å². The Morgan fingerprint density at radius 3 is 2.80 bits per heavy atom. The number of nitrogens with one attached hydrogen (secondary N) is 1. The predicted octanol–water partition coefficient (Wildman–Crippen LogP) is 3.51. The zero-order valence-electron chi connectivity index (χ0n) is 10.2. The van der Waals surface area contributed by atoms with E-state index in [1.165, 1.54) is 12.1 Å². The zero-order chi connectivity index (χ0) is 14.5. The van der Waals surface area contributed by atoms with Crippen LogP contribution in [0.1, 0.15) is 5.56 Å². The molecule has 0 aliphatic carbocycles. The number of nitro benzene ring substituents is 1. The maximum Gasteiger partial charge on any atom is 0.271 e. The Morgan fingerprint density at radius 1 is 1.30 bits per heavy atom. The number of phenolic OH excluding ortho intramolecular Hbond substituents is 1. The summed E-state index contributed by atoms with van der Waals surface area (Å²) in [7, 11) is 0. The maximum atomic E-state index is 10.6. The van der Waals surface area contributed by atoms with E-state index in [4.69, 9.17) is 0 Å². The molecule has 0 saturated heterocycles. The minimum atomic E-state index is -0.466. The van der Waals surface area contributed by atoms with Crippen molar-refractivity contribution in [2.24, 2.45) is 5.10 Å². The molecule has 0 heterocycles. The summed E-state index contributed by atoms with van der Waals surface area (Å²) >= 11 is 3.20. The number of halogens is 1. The van der Waals surface area contributed by atoms with Gasteiger partial charge >= 0.3 is 0 Å². The third kappa shape index (κ3) is 3.55. The summed E-state index contributed by atoms with van der Waals surface area (Å²) in [5.41, 5.74) is 4.00. The van der Waals surface area contributed by atoms with E-state index in [1.807, 2.05) is 0 Å². The van der Waals surface area contributed by atoms with E-state index < -0.39 is 4.92 Å². The number of rotatable bonds is 4. The SMILES string of the molecule is O=[N+]([O-])c1cccc(N/N=C\c2ccc(O)c(Br)c2)c1. The molecule has 2 aromatic rings. The van der Waals surface area contributed by atoms with E-state index in [-0.39, 0.29) is 11.4 Å². The number of nitro groups is 1. The average Bonchev–Trinajstić information content (AvgIpc) is 2.43. The van der Waals surface area contributed by atoms with Gasteiger partial charge in [0.15, 0.2) is 0 Å². The van der Waals surface area contributed by atoms with Crippen molar-refractivity contribution in [1.29, 1.82) is 0 Å². The first-order valence-electron chi connectivity index (χ1n) is 5.58. The highest BCUT2D eigenvalue weighted by Crippen LogP contribution is 2.23. The number of phenols is 1. The minimum absolute atomic E-state index is 0.00224. The van der Waals surface area contributed by atoms with Crippen molar-refractivity contribution in [2.45, 2.75) is 0 Å². The van der Waals surface area contributed by atoms with Crippen LogP contribution in [-0.2, 0) is 0 Å². The zero-order valence-corrected chi connectivity index (χ0v) is 11.7. The van der Waals surface area contributed by atoms with Crippen molar-refractivity contribution in [1.82, 2.24) is 0 Å². The van der Waals surface area contributed by atoms with Gasteiger partial charge in [0.1, 0.15) is 5.75 Å². The van der Waals surface area contributed by atoms with E-state index in [0.717, 1.165) is 5.56 Å². The number of anilines is 1. The molecule has 7 heteroatoms. The van der Waals surface area contributed by atoms with Crippen molar-refractivity contribution in [3.05, 3.63) is 62.6 Å². The number of benzene rings is 2. The van der Waals surface area contributed by atoms with Crippen LogP contribution in [0.2, 0.25) is 0 Å². The molecule has 0 radical (unpaired) electrons. The Labute approximate surface area is 123 Å². The fourth-order valence-electron chi connectivity index (χ4n) is 1.47. The van der Waals surface area contributed by atoms with Gasteiger partial charge in [-0.2, -0.15) is 5.10 Å². The molecule has 0 aliphatic rings. The van der Waals surface area contributed by atoms with E-state index in [1.54, 1.807) is 36.5 Å². The molecule has 2 aromatic carbocycles. The van der Waals surface area contributed by atoms with Crippen LogP contribution in [0.5, 0.6) is 5.75 Å². The van der Waals surface area contributed by atoms with Crippen LogP contribution in [-0.4, -0.2) is 16.2 Å². The van der Waals surface area contributed by atoms with Crippen molar-refractivity contribution in [3.8, 4) is 5.75 Å². The first-order valence-corrected chi connectivity index (χ1v) is 6.37. The molecule has 0 saturated carbocycles. The number of non-ortho nitro benzene ring substituents is 1. The summed E-state index contributed by atoms with van der Waals surface area (Å²) < 4.78 is 0.566. The predicted molar refractivity (Wildman–Crippen MR) is 80.1 cm³/mol. The topological polar surface area (TPSA) is 87.8 Å². The van der Waals surface area contributed by atoms with Crippen LogP contribution in [0.3, 0.4) is 0 Å². The molecule has 2 N–H and O–H groups in total. The third-order valence-electron chi connectivity index (χ3n) is 2.44. The van der Waals surface area contributed by atoms with Crippen molar-refractivity contribution >= 4 is 33.5 Å². The number of aromatic hydroxyl groups is 1. The maximum absolute atomic E-state index is 10.6. The fraction of sp³-hybridized carbons (Fsp3) is 0. The Morgan fingerprint density at radius 2 is 2.10 bits per heavy atom. The van der Waals surface area contributed by atoms with Crippen LogP contribution in [0.15, 0.2) is 52.0 Å². The standard InChI is InChI=1S/C13H10BrN3O3/c14-12-6-9(4-5-13(12)18)8-15-16-10-2-1-3-11(7-10)17(19)20/h1-8,16,18H/b15-8-. The van der Waals surface area contributed by atoms with Gasteiger partial charge in [-0.3, -0.25) is 15.5 Å². The number of hydrogen-bond acceptors (Lipinski definition) is 5. The molecule has 0 unspecified atom stereocenters. The first kappa shape index (κ1) is 14.0. The smallest absolute Gasteiger partial charge is 0.271 e. The number of nitrogens with zero attached hydrogens (tertiary/aromatic N) is 2. The van der Waals surface area contributed by atoms with E-state index in [0.29, 0.717) is 10.2 Å². The summed E-state index contributed by atoms with van der Waals surface area (Å²) in [5, 5.41) is 24.0. The van der Waals surface area contributed by atoms with E-state index in [9.17, 15) is 15.2 Å².